The summed E-state index contributed by atoms with van der Waals surface area (Å²) in [7, 11) is 0. The van der Waals surface area contributed by atoms with Gasteiger partial charge >= 0.3 is 0 Å². The van der Waals surface area contributed by atoms with Crippen molar-refractivity contribution in [3.8, 4) is 0 Å². The first kappa shape index (κ1) is 16.6. The lowest BCUT2D eigenvalue weighted by Crippen LogP contribution is -2.64. The lowest BCUT2D eigenvalue weighted by atomic mass is 9.47. The molecule has 1 heterocycles. The maximum absolute atomic E-state index is 11.9. The molecule has 1 aliphatic heterocycles. The maximum Gasteiger partial charge on any atom is 0.220 e. The van der Waals surface area contributed by atoms with Crippen molar-refractivity contribution in [1.82, 2.24) is 5.32 Å². The van der Waals surface area contributed by atoms with E-state index in [0.717, 1.165) is 12.8 Å². The fraction of sp³-hybridized carbons (Fsp3) is 0.952. The number of aliphatic hydroxyl groups excluding tert-OH is 1. The summed E-state index contributed by atoms with van der Waals surface area (Å²) in [5.41, 5.74) is 0.403. The predicted molar refractivity (Wildman–Crippen MR) is 94.8 cm³/mol. The molecule has 8 atom stereocenters. The molecule has 2 N–H and O–H groups in total. The molecule has 4 nitrogen and oxygen atoms in total. The zero-order chi connectivity index (χ0) is 17.4. The summed E-state index contributed by atoms with van der Waals surface area (Å²) in [6.07, 6.45) is 10.3. The van der Waals surface area contributed by atoms with Crippen LogP contribution in [0.3, 0.4) is 0 Å². The number of hydrogen-bond donors (Lipinski definition) is 2. The van der Waals surface area contributed by atoms with Crippen molar-refractivity contribution >= 4 is 5.91 Å². The van der Waals surface area contributed by atoms with E-state index in [4.69, 9.17) is 4.74 Å². The van der Waals surface area contributed by atoms with E-state index in [-0.39, 0.29) is 28.9 Å². The molecule has 4 aliphatic carbocycles. The second kappa shape index (κ2) is 5.45. The lowest BCUT2D eigenvalue weighted by molar-refractivity contribution is -0.166. The first-order chi connectivity index (χ1) is 11.9. The van der Waals surface area contributed by atoms with Crippen molar-refractivity contribution in [1.29, 1.82) is 0 Å². The first-order valence-electron chi connectivity index (χ1n) is 10.5. The van der Waals surface area contributed by atoms with Crippen LogP contribution in [0, 0.1) is 28.6 Å². The molecule has 1 amide bonds. The van der Waals surface area contributed by atoms with Gasteiger partial charge in [-0.15, -0.1) is 0 Å². The monoisotopic (exact) mass is 347 g/mol. The molecule has 0 aromatic carbocycles. The summed E-state index contributed by atoms with van der Waals surface area (Å²) < 4.78 is 6.42. The average molecular weight is 347 g/mol. The van der Waals surface area contributed by atoms with Gasteiger partial charge in [0, 0.05) is 12.5 Å². The Morgan fingerprint density at radius 1 is 1.04 bits per heavy atom. The van der Waals surface area contributed by atoms with Crippen molar-refractivity contribution in [3.63, 3.8) is 0 Å². The van der Waals surface area contributed by atoms with E-state index in [1.807, 2.05) is 0 Å². The highest BCUT2D eigenvalue weighted by Gasteiger charge is 2.63. The topological polar surface area (TPSA) is 58.6 Å². The second-order valence-electron chi connectivity index (χ2n) is 10.2. The maximum atomic E-state index is 11.9. The van der Waals surface area contributed by atoms with Crippen molar-refractivity contribution in [3.05, 3.63) is 0 Å². The number of piperidine rings is 1. The summed E-state index contributed by atoms with van der Waals surface area (Å²) in [4.78, 5) is 11.9. The van der Waals surface area contributed by atoms with Gasteiger partial charge in [-0.05, 0) is 80.0 Å². The average Bonchev–Trinajstić information content (AvgIpc) is 3.32. The molecular formula is C21H33NO3. The number of ether oxygens (including phenoxy) is 1. The minimum absolute atomic E-state index is 0.161. The van der Waals surface area contributed by atoms with Gasteiger partial charge in [0.1, 0.15) is 0 Å². The van der Waals surface area contributed by atoms with Crippen LogP contribution in [0.25, 0.3) is 0 Å². The Bertz CT molecular complexity index is 575. The molecule has 5 rings (SSSR count). The second-order valence-corrected chi connectivity index (χ2v) is 10.2. The molecular weight excluding hydrogens is 314 g/mol. The summed E-state index contributed by atoms with van der Waals surface area (Å²) in [6.45, 7) is 4.83. The van der Waals surface area contributed by atoms with E-state index in [0.29, 0.717) is 36.4 Å². The normalized spacial score (nSPS) is 55.1. The van der Waals surface area contributed by atoms with Crippen LogP contribution in [0.15, 0.2) is 0 Å². The molecule has 0 radical (unpaired) electrons. The number of nitrogens with one attached hydrogen (secondary N) is 1. The van der Waals surface area contributed by atoms with Gasteiger partial charge < -0.3 is 15.2 Å². The third kappa shape index (κ3) is 2.36. The minimum Gasteiger partial charge on any atom is -0.393 e. The van der Waals surface area contributed by atoms with Crippen LogP contribution in [0.2, 0.25) is 0 Å². The van der Waals surface area contributed by atoms with Crippen LogP contribution in [-0.4, -0.2) is 35.4 Å². The van der Waals surface area contributed by atoms with Crippen LogP contribution < -0.4 is 5.32 Å². The van der Waals surface area contributed by atoms with Crippen molar-refractivity contribution in [2.45, 2.75) is 96.0 Å². The molecule has 25 heavy (non-hydrogen) atoms. The van der Waals surface area contributed by atoms with Crippen LogP contribution in [0.4, 0.5) is 0 Å². The summed E-state index contributed by atoms with van der Waals surface area (Å²) in [5.74, 6) is 1.69. The first-order valence-corrected chi connectivity index (χ1v) is 10.5. The zero-order valence-corrected chi connectivity index (χ0v) is 15.7. The van der Waals surface area contributed by atoms with Gasteiger partial charge in [0.05, 0.1) is 18.3 Å². The van der Waals surface area contributed by atoms with Gasteiger partial charge in [-0.1, -0.05) is 13.8 Å². The Balaban J connectivity index is 1.43. The number of hydrogen-bond acceptors (Lipinski definition) is 3. The highest BCUT2D eigenvalue weighted by Crippen LogP contribution is 2.64. The number of fused-ring (bicyclic) bond motifs is 5. The molecule has 140 valence electrons. The fourth-order valence-electron chi connectivity index (χ4n) is 7.27. The summed E-state index contributed by atoms with van der Waals surface area (Å²) in [6, 6.07) is 0.161. The van der Waals surface area contributed by atoms with E-state index in [2.05, 4.69) is 19.2 Å². The van der Waals surface area contributed by atoms with Crippen molar-refractivity contribution in [2.75, 3.05) is 0 Å². The number of rotatable bonds is 2. The van der Waals surface area contributed by atoms with Crippen molar-refractivity contribution in [2.24, 2.45) is 28.6 Å². The molecule has 1 saturated heterocycles. The van der Waals surface area contributed by atoms with Gasteiger partial charge in [0.25, 0.3) is 0 Å². The predicted octanol–water partition coefficient (Wildman–Crippen LogP) is 3.03. The van der Waals surface area contributed by atoms with Crippen LogP contribution in [0.1, 0.15) is 71.6 Å². The summed E-state index contributed by atoms with van der Waals surface area (Å²) in [5, 5.41) is 14.3. The minimum atomic E-state index is -0.272. The SMILES string of the molecule is C[C@]12CCC(=O)NC1CC(O)[C@@H]1[C@H]2CC[C@]2(C)C(OC3CC3)CC[C@@H]12. The highest BCUT2D eigenvalue weighted by molar-refractivity contribution is 5.77. The molecule has 0 aromatic heterocycles. The van der Waals surface area contributed by atoms with Gasteiger partial charge in [-0.25, -0.2) is 0 Å². The smallest absolute Gasteiger partial charge is 0.220 e. The molecule has 5 aliphatic rings. The van der Waals surface area contributed by atoms with Gasteiger partial charge in [0.2, 0.25) is 5.91 Å². The Morgan fingerprint density at radius 2 is 1.80 bits per heavy atom. The number of carbonyl (C=O) groups is 1. The van der Waals surface area contributed by atoms with E-state index >= 15 is 0 Å². The number of carbonyl (C=O) groups excluding carboxylic acids is 1. The fourth-order valence-corrected chi connectivity index (χ4v) is 7.27. The van der Waals surface area contributed by atoms with E-state index in [1.165, 1.54) is 38.5 Å². The third-order valence-corrected chi connectivity index (χ3v) is 8.92. The molecule has 4 saturated carbocycles. The van der Waals surface area contributed by atoms with Crippen LogP contribution in [-0.2, 0) is 9.53 Å². The zero-order valence-electron chi connectivity index (χ0n) is 15.7. The quantitative estimate of drug-likeness (QED) is 0.807. The number of amides is 1. The Hall–Kier alpha value is -0.610. The van der Waals surface area contributed by atoms with E-state index < -0.39 is 0 Å². The van der Waals surface area contributed by atoms with Gasteiger partial charge in [0.15, 0.2) is 0 Å². The standard InChI is InChI=1S/C21H33NO3/c1-20-10-8-18(24)22-16(20)11-15(23)19-13-5-6-17(25-12-3-4-12)21(13,2)9-7-14(19)20/h12-17,19,23H,3-11H2,1-2H3,(H,22,24)/t13-,14+,15?,16?,17?,19-,20+,21-/m0/s1. The van der Waals surface area contributed by atoms with Gasteiger partial charge in [-0.3, -0.25) is 4.79 Å². The third-order valence-electron chi connectivity index (χ3n) is 8.92. The van der Waals surface area contributed by atoms with Crippen LogP contribution >= 0.6 is 0 Å². The lowest BCUT2D eigenvalue weighted by Gasteiger charge is -2.61. The Kier molecular flexibility index (Phi) is 3.61. The van der Waals surface area contributed by atoms with Crippen LogP contribution in [0.5, 0.6) is 0 Å². The van der Waals surface area contributed by atoms with Crippen molar-refractivity contribution < 1.29 is 14.6 Å². The molecule has 0 bridgehead atoms. The number of aliphatic hydroxyl groups is 1. The van der Waals surface area contributed by atoms with Gasteiger partial charge in [-0.2, -0.15) is 0 Å². The molecule has 5 fully saturated rings. The molecule has 0 spiro atoms. The molecule has 4 heteroatoms. The molecule has 0 aromatic rings. The van der Waals surface area contributed by atoms with E-state index in [9.17, 15) is 9.90 Å². The van der Waals surface area contributed by atoms with E-state index in [1.54, 1.807) is 0 Å². The largest absolute Gasteiger partial charge is 0.393 e. The summed E-state index contributed by atoms with van der Waals surface area (Å²) >= 11 is 0. The Morgan fingerprint density at radius 3 is 2.56 bits per heavy atom. The highest BCUT2D eigenvalue weighted by atomic mass is 16.5. The Labute approximate surface area is 151 Å². The molecule has 3 unspecified atom stereocenters.